The third kappa shape index (κ3) is 4.53. The Morgan fingerprint density at radius 1 is 1.29 bits per heavy atom. The summed E-state index contributed by atoms with van der Waals surface area (Å²) >= 11 is 5.87. The van der Waals surface area contributed by atoms with E-state index in [1.165, 1.54) is 23.8 Å². The molecule has 2 aromatic rings. The Hall–Kier alpha value is -1.94. The summed E-state index contributed by atoms with van der Waals surface area (Å²) in [5.74, 6) is -0.643. The molecule has 0 saturated carbocycles. The Kier molecular flexibility index (Phi) is 5.28. The predicted molar refractivity (Wildman–Crippen MR) is 80.7 cm³/mol. The molecule has 0 aliphatic rings. The summed E-state index contributed by atoms with van der Waals surface area (Å²) in [7, 11) is 0. The maximum absolute atomic E-state index is 12.9. The van der Waals surface area contributed by atoms with E-state index in [9.17, 15) is 9.18 Å². The first-order chi connectivity index (χ1) is 10.1. The summed E-state index contributed by atoms with van der Waals surface area (Å²) in [6, 6.07) is 7.88. The number of rotatable bonds is 5. The van der Waals surface area contributed by atoms with Gasteiger partial charge in [-0.1, -0.05) is 24.9 Å². The van der Waals surface area contributed by atoms with Gasteiger partial charge in [-0.2, -0.15) is 4.57 Å². The molecule has 0 bridgehead atoms. The van der Waals surface area contributed by atoms with Gasteiger partial charge in [-0.25, -0.2) is 4.39 Å². The summed E-state index contributed by atoms with van der Waals surface area (Å²) in [5.41, 5.74) is 1.65. The van der Waals surface area contributed by atoms with Gasteiger partial charge in [-0.3, -0.25) is 4.79 Å². The Bertz CT molecular complexity index is 629. The number of carbonyl (C=O) groups is 1. The van der Waals surface area contributed by atoms with Crippen LogP contribution in [0.3, 0.4) is 0 Å². The summed E-state index contributed by atoms with van der Waals surface area (Å²) in [4.78, 5) is 11.9. The summed E-state index contributed by atoms with van der Waals surface area (Å²) < 4.78 is 14.7. The number of hydrogen-bond donors (Lipinski definition) is 1. The number of aryl methyl sites for hydroxylation is 1. The molecule has 1 N–H and O–H groups in total. The number of benzene rings is 1. The number of hydrogen-bond acceptors (Lipinski definition) is 1. The number of nitrogens with one attached hydrogen (secondary N) is 1. The lowest BCUT2D eigenvalue weighted by Gasteiger charge is -2.05. The average molecular weight is 308 g/mol. The van der Waals surface area contributed by atoms with Crippen LogP contribution in [-0.2, 0) is 17.8 Å². The molecule has 3 nitrogen and oxygen atoms in total. The van der Waals surface area contributed by atoms with Crippen LogP contribution in [0.4, 0.5) is 10.1 Å². The molecule has 0 unspecified atom stereocenters. The van der Waals surface area contributed by atoms with Gasteiger partial charge < -0.3 is 5.32 Å². The molecule has 1 amide bonds. The van der Waals surface area contributed by atoms with Crippen LogP contribution in [-0.4, -0.2) is 5.91 Å². The molecular formula is C16H17ClFN2O+. The van der Waals surface area contributed by atoms with Crippen LogP contribution in [0.1, 0.15) is 18.9 Å². The van der Waals surface area contributed by atoms with Crippen molar-refractivity contribution < 1.29 is 13.8 Å². The monoisotopic (exact) mass is 307 g/mol. The lowest BCUT2D eigenvalue weighted by atomic mass is 10.2. The molecule has 21 heavy (non-hydrogen) atoms. The molecule has 2 rings (SSSR count). The van der Waals surface area contributed by atoms with Gasteiger partial charge in [0.2, 0.25) is 6.54 Å². The van der Waals surface area contributed by atoms with Crippen molar-refractivity contribution in [1.29, 1.82) is 0 Å². The fourth-order valence-electron chi connectivity index (χ4n) is 2.00. The zero-order valence-electron chi connectivity index (χ0n) is 11.8. The zero-order chi connectivity index (χ0) is 15.2. The lowest BCUT2D eigenvalue weighted by molar-refractivity contribution is -0.684. The van der Waals surface area contributed by atoms with Gasteiger partial charge in [0, 0.05) is 12.1 Å². The van der Waals surface area contributed by atoms with Crippen LogP contribution in [0.25, 0.3) is 0 Å². The minimum absolute atomic E-state index is 0.181. The van der Waals surface area contributed by atoms with Crippen molar-refractivity contribution in [2.24, 2.45) is 0 Å². The highest BCUT2D eigenvalue weighted by atomic mass is 35.5. The number of halogens is 2. The van der Waals surface area contributed by atoms with Gasteiger partial charge in [0.15, 0.2) is 12.4 Å². The van der Waals surface area contributed by atoms with E-state index in [1.54, 1.807) is 4.57 Å². The van der Waals surface area contributed by atoms with Crippen LogP contribution >= 0.6 is 11.6 Å². The number of pyridine rings is 1. The van der Waals surface area contributed by atoms with E-state index in [0.29, 0.717) is 5.69 Å². The Morgan fingerprint density at radius 3 is 2.62 bits per heavy atom. The Morgan fingerprint density at radius 2 is 2.00 bits per heavy atom. The van der Waals surface area contributed by atoms with E-state index in [0.717, 1.165) is 12.8 Å². The Labute approximate surface area is 128 Å². The number of nitrogens with zero attached hydrogens (tertiary/aromatic N) is 1. The highest BCUT2D eigenvalue weighted by Crippen LogP contribution is 2.22. The molecule has 1 heterocycles. The molecule has 0 aliphatic carbocycles. The summed E-state index contributed by atoms with van der Waals surface area (Å²) in [6.45, 7) is 2.31. The maximum Gasteiger partial charge on any atom is 0.290 e. The van der Waals surface area contributed by atoms with Crippen molar-refractivity contribution >= 4 is 23.2 Å². The van der Waals surface area contributed by atoms with E-state index in [2.05, 4.69) is 12.2 Å². The van der Waals surface area contributed by atoms with Gasteiger partial charge in [-0.05, 0) is 30.2 Å². The fourth-order valence-corrected chi connectivity index (χ4v) is 2.21. The van der Waals surface area contributed by atoms with Crippen LogP contribution in [0.15, 0.2) is 42.7 Å². The van der Waals surface area contributed by atoms with E-state index in [-0.39, 0.29) is 17.5 Å². The van der Waals surface area contributed by atoms with Crippen molar-refractivity contribution in [1.82, 2.24) is 0 Å². The molecule has 110 valence electrons. The van der Waals surface area contributed by atoms with E-state index < -0.39 is 5.82 Å². The second kappa shape index (κ2) is 7.18. The van der Waals surface area contributed by atoms with Crippen LogP contribution in [0, 0.1) is 5.82 Å². The number of aromatic nitrogens is 1. The van der Waals surface area contributed by atoms with E-state index >= 15 is 0 Å². The molecule has 0 fully saturated rings. The normalized spacial score (nSPS) is 10.4. The van der Waals surface area contributed by atoms with Crippen molar-refractivity contribution in [3.05, 3.63) is 59.1 Å². The van der Waals surface area contributed by atoms with Crippen molar-refractivity contribution in [3.63, 3.8) is 0 Å². The number of anilines is 1. The van der Waals surface area contributed by atoms with Crippen LogP contribution < -0.4 is 9.88 Å². The first kappa shape index (κ1) is 15.4. The average Bonchev–Trinajstić information content (AvgIpc) is 2.44. The largest absolute Gasteiger partial charge is 0.319 e. The first-order valence-corrected chi connectivity index (χ1v) is 7.19. The minimum atomic E-state index is -0.432. The minimum Gasteiger partial charge on any atom is -0.319 e. The number of carbonyl (C=O) groups excluding carboxylic acids is 1. The molecule has 1 aromatic heterocycles. The zero-order valence-corrected chi connectivity index (χ0v) is 12.5. The smallest absolute Gasteiger partial charge is 0.290 e. The lowest BCUT2D eigenvalue weighted by Crippen LogP contribution is -2.39. The first-order valence-electron chi connectivity index (χ1n) is 6.81. The van der Waals surface area contributed by atoms with Crippen LogP contribution in [0.5, 0.6) is 0 Å². The molecule has 0 aliphatic heterocycles. The van der Waals surface area contributed by atoms with Crippen molar-refractivity contribution in [2.75, 3.05) is 5.32 Å². The second-order valence-corrected chi connectivity index (χ2v) is 5.21. The van der Waals surface area contributed by atoms with Gasteiger partial charge in [0.25, 0.3) is 5.91 Å². The fraction of sp³-hybridized carbons (Fsp3) is 0.250. The molecular weight excluding hydrogens is 291 g/mol. The molecule has 0 atom stereocenters. The highest BCUT2D eigenvalue weighted by molar-refractivity contribution is 6.33. The maximum atomic E-state index is 12.9. The summed E-state index contributed by atoms with van der Waals surface area (Å²) in [6.07, 6.45) is 5.86. The summed E-state index contributed by atoms with van der Waals surface area (Å²) in [5, 5.41) is 2.85. The van der Waals surface area contributed by atoms with E-state index in [1.807, 2.05) is 24.5 Å². The topological polar surface area (TPSA) is 33.0 Å². The third-order valence-electron chi connectivity index (χ3n) is 3.03. The van der Waals surface area contributed by atoms with Gasteiger partial charge in [0.05, 0.1) is 10.7 Å². The van der Waals surface area contributed by atoms with Crippen molar-refractivity contribution in [2.45, 2.75) is 26.3 Å². The predicted octanol–water partition coefficient (Wildman–Crippen LogP) is 3.36. The standard InChI is InChI=1S/C16H16ClFN2O/c1-2-3-12-6-8-20(9-7-12)11-16(21)19-15-5-4-13(18)10-14(15)17/h4-10H,2-3,11H2,1H3/p+1. The van der Waals surface area contributed by atoms with Gasteiger partial charge >= 0.3 is 0 Å². The van der Waals surface area contributed by atoms with Crippen molar-refractivity contribution in [3.8, 4) is 0 Å². The molecule has 0 spiro atoms. The third-order valence-corrected chi connectivity index (χ3v) is 3.34. The van der Waals surface area contributed by atoms with E-state index in [4.69, 9.17) is 11.6 Å². The molecule has 1 aromatic carbocycles. The van der Waals surface area contributed by atoms with Gasteiger partial charge in [0.1, 0.15) is 5.82 Å². The highest BCUT2D eigenvalue weighted by Gasteiger charge is 2.11. The van der Waals surface area contributed by atoms with Gasteiger partial charge in [-0.15, -0.1) is 0 Å². The molecule has 0 saturated heterocycles. The number of amides is 1. The quantitative estimate of drug-likeness (QED) is 0.844. The SMILES string of the molecule is CCCc1cc[n+](CC(=O)Nc2ccc(F)cc2Cl)cc1. The molecule has 0 radical (unpaired) electrons. The Balaban J connectivity index is 1.98. The molecule has 5 heteroatoms. The van der Waals surface area contributed by atoms with Crippen LogP contribution in [0.2, 0.25) is 5.02 Å². The second-order valence-electron chi connectivity index (χ2n) is 4.80.